The molecule has 0 saturated heterocycles. The summed E-state index contributed by atoms with van der Waals surface area (Å²) in [6.07, 6.45) is 7.56. The van der Waals surface area contributed by atoms with E-state index in [1.807, 2.05) is 18.2 Å². The lowest BCUT2D eigenvalue weighted by molar-refractivity contribution is 0.728. The summed E-state index contributed by atoms with van der Waals surface area (Å²) in [6.45, 7) is 2.41. The molecule has 3 aromatic heterocycles. The molecule has 0 unspecified atom stereocenters. The number of nitrogens with zero attached hydrogens (tertiary/aromatic N) is 4. The molecule has 4 heterocycles. The van der Waals surface area contributed by atoms with Crippen LogP contribution in [0.3, 0.4) is 0 Å². The first-order chi connectivity index (χ1) is 13.8. The number of aromatic amines is 1. The normalized spacial score (nSPS) is 13.2. The standard InChI is InChI=1S/C22H21N5O/c28-21-14-20(16-7-9-23-10-8-16)25-22-26(12-13-27(21)22)11-3-4-17-15-24-19-6-2-1-5-18(17)19/h1-2,5-10,14-15,24H,3-4,11-13H2. The zero-order valence-electron chi connectivity index (χ0n) is 15.5. The van der Waals surface area contributed by atoms with Gasteiger partial charge in [-0.1, -0.05) is 18.2 Å². The summed E-state index contributed by atoms with van der Waals surface area (Å²) < 4.78 is 1.77. The maximum atomic E-state index is 12.5. The molecule has 1 aromatic carbocycles. The van der Waals surface area contributed by atoms with Crippen LogP contribution in [-0.2, 0) is 13.0 Å². The Morgan fingerprint density at radius 2 is 1.93 bits per heavy atom. The minimum Gasteiger partial charge on any atom is -0.361 e. The van der Waals surface area contributed by atoms with Gasteiger partial charge < -0.3 is 9.88 Å². The number of fused-ring (bicyclic) bond motifs is 2. The first-order valence-electron chi connectivity index (χ1n) is 9.62. The zero-order valence-corrected chi connectivity index (χ0v) is 15.5. The van der Waals surface area contributed by atoms with E-state index >= 15 is 0 Å². The summed E-state index contributed by atoms with van der Waals surface area (Å²) in [5.74, 6) is 0.776. The van der Waals surface area contributed by atoms with Gasteiger partial charge in [0.05, 0.1) is 5.69 Å². The van der Waals surface area contributed by atoms with E-state index in [1.54, 1.807) is 23.0 Å². The molecule has 5 rings (SSSR count). The van der Waals surface area contributed by atoms with Gasteiger partial charge in [-0.05, 0) is 36.6 Å². The third-order valence-electron chi connectivity index (χ3n) is 5.39. The minimum atomic E-state index is 0.0101. The number of nitrogens with one attached hydrogen (secondary N) is 1. The molecule has 0 spiro atoms. The van der Waals surface area contributed by atoms with Crippen LogP contribution in [0.25, 0.3) is 22.2 Å². The zero-order chi connectivity index (χ0) is 18.9. The lowest BCUT2D eigenvalue weighted by Gasteiger charge is -2.17. The number of hydrogen-bond donors (Lipinski definition) is 1. The van der Waals surface area contributed by atoms with Crippen LogP contribution in [0.5, 0.6) is 0 Å². The fourth-order valence-corrected chi connectivity index (χ4v) is 3.95. The predicted molar refractivity (Wildman–Crippen MR) is 111 cm³/mol. The molecule has 1 N–H and O–H groups in total. The van der Waals surface area contributed by atoms with Gasteiger partial charge in [-0.3, -0.25) is 14.3 Å². The van der Waals surface area contributed by atoms with Crippen molar-refractivity contribution in [1.29, 1.82) is 0 Å². The first kappa shape index (κ1) is 16.7. The smallest absolute Gasteiger partial charge is 0.255 e. The summed E-state index contributed by atoms with van der Waals surface area (Å²) in [5.41, 5.74) is 4.16. The number of anilines is 1. The Balaban J connectivity index is 1.35. The second kappa shape index (κ2) is 6.96. The Labute approximate surface area is 162 Å². The quantitative estimate of drug-likeness (QED) is 0.585. The maximum Gasteiger partial charge on any atom is 0.255 e. The van der Waals surface area contributed by atoms with Crippen molar-refractivity contribution in [3.05, 3.63) is 77.0 Å². The highest BCUT2D eigenvalue weighted by Crippen LogP contribution is 2.23. The van der Waals surface area contributed by atoms with Gasteiger partial charge >= 0.3 is 0 Å². The molecule has 6 heteroatoms. The molecule has 6 nitrogen and oxygen atoms in total. The van der Waals surface area contributed by atoms with E-state index in [9.17, 15) is 4.79 Å². The van der Waals surface area contributed by atoms with Crippen molar-refractivity contribution < 1.29 is 0 Å². The first-order valence-corrected chi connectivity index (χ1v) is 9.62. The Kier molecular flexibility index (Phi) is 4.16. The third kappa shape index (κ3) is 2.97. The molecule has 1 aliphatic rings. The molecule has 0 bridgehead atoms. The third-order valence-corrected chi connectivity index (χ3v) is 5.39. The number of aryl methyl sites for hydroxylation is 1. The molecule has 0 saturated carbocycles. The minimum absolute atomic E-state index is 0.0101. The van der Waals surface area contributed by atoms with Gasteiger partial charge in [0, 0.05) is 60.8 Å². The van der Waals surface area contributed by atoms with Crippen LogP contribution >= 0.6 is 0 Å². The highest BCUT2D eigenvalue weighted by molar-refractivity contribution is 5.83. The van der Waals surface area contributed by atoms with Gasteiger partial charge in [-0.2, -0.15) is 0 Å². The van der Waals surface area contributed by atoms with Gasteiger partial charge in [0.25, 0.3) is 5.56 Å². The predicted octanol–water partition coefficient (Wildman–Crippen LogP) is 3.24. The Bertz CT molecular complexity index is 1180. The second-order valence-corrected chi connectivity index (χ2v) is 7.12. The number of aromatic nitrogens is 4. The van der Waals surface area contributed by atoms with Crippen LogP contribution in [-0.4, -0.2) is 32.6 Å². The van der Waals surface area contributed by atoms with E-state index in [2.05, 4.69) is 39.3 Å². The van der Waals surface area contributed by atoms with Crippen molar-refractivity contribution in [2.24, 2.45) is 0 Å². The van der Waals surface area contributed by atoms with Gasteiger partial charge in [0.1, 0.15) is 0 Å². The van der Waals surface area contributed by atoms with Crippen LogP contribution in [0.15, 0.2) is 65.8 Å². The lowest BCUT2D eigenvalue weighted by Crippen LogP contribution is -2.24. The van der Waals surface area contributed by atoms with Gasteiger partial charge in [0.15, 0.2) is 0 Å². The number of benzene rings is 1. The summed E-state index contributed by atoms with van der Waals surface area (Å²) >= 11 is 0. The van der Waals surface area contributed by atoms with E-state index < -0.39 is 0 Å². The molecule has 4 aromatic rings. The highest BCUT2D eigenvalue weighted by Gasteiger charge is 2.22. The van der Waals surface area contributed by atoms with Gasteiger partial charge in [-0.25, -0.2) is 4.98 Å². The fraction of sp³-hybridized carbons (Fsp3) is 0.227. The van der Waals surface area contributed by atoms with Crippen molar-refractivity contribution in [3.63, 3.8) is 0 Å². The summed E-state index contributed by atoms with van der Waals surface area (Å²) in [7, 11) is 0. The van der Waals surface area contributed by atoms with Crippen LogP contribution in [0, 0.1) is 0 Å². The van der Waals surface area contributed by atoms with Gasteiger partial charge in [0.2, 0.25) is 5.95 Å². The molecule has 1 aliphatic heterocycles. The number of para-hydroxylation sites is 1. The van der Waals surface area contributed by atoms with Crippen LogP contribution in [0.2, 0.25) is 0 Å². The van der Waals surface area contributed by atoms with E-state index in [0.717, 1.165) is 37.4 Å². The summed E-state index contributed by atoms with van der Waals surface area (Å²) in [5, 5.41) is 1.29. The molecular formula is C22H21N5O. The van der Waals surface area contributed by atoms with Crippen LogP contribution in [0.4, 0.5) is 5.95 Å². The van der Waals surface area contributed by atoms with Crippen molar-refractivity contribution in [2.45, 2.75) is 19.4 Å². The molecule has 140 valence electrons. The van der Waals surface area contributed by atoms with Crippen molar-refractivity contribution in [3.8, 4) is 11.3 Å². The average Bonchev–Trinajstić information content (AvgIpc) is 3.34. The molecule has 0 radical (unpaired) electrons. The lowest BCUT2D eigenvalue weighted by atomic mass is 10.1. The molecule has 0 amide bonds. The van der Waals surface area contributed by atoms with Crippen molar-refractivity contribution in [1.82, 2.24) is 19.5 Å². The monoisotopic (exact) mass is 371 g/mol. The second-order valence-electron chi connectivity index (χ2n) is 7.12. The van der Waals surface area contributed by atoms with E-state index in [4.69, 9.17) is 4.98 Å². The molecule has 0 fully saturated rings. The van der Waals surface area contributed by atoms with Crippen LogP contribution < -0.4 is 10.5 Å². The van der Waals surface area contributed by atoms with Crippen molar-refractivity contribution in [2.75, 3.05) is 18.0 Å². The van der Waals surface area contributed by atoms with Gasteiger partial charge in [-0.15, -0.1) is 0 Å². The molecule has 28 heavy (non-hydrogen) atoms. The Hall–Kier alpha value is -3.41. The summed E-state index contributed by atoms with van der Waals surface area (Å²) in [6, 6.07) is 13.8. The maximum absolute atomic E-state index is 12.5. The summed E-state index contributed by atoms with van der Waals surface area (Å²) in [4.78, 5) is 26.9. The number of H-pyrrole nitrogens is 1. The van der Waals surface area contributed by atoms with E-state index in [0.29, 0.717) is 12.2 Å². The van der Waals surface area contributed by atoms with Crippen LogP contribution in [0.1, 0.15) is 12.0 Å². The molecule has 0 aliphatic carbocycles. The number of rotatable bonds is 5. The number of pyridine rings is 1. The highest BCUT2D eigenvalue weighted by atomic mass is 16.1. The van der Waals surface area contributed by atoms with E-state index in [1.165, 1.54) is 16.5 Å². The van der Waals surface area contributed by atoms with E-state index in [-0.39, 0.29) is 5.56 Å². The van der Waals surface area contributed by atoms with Crippen molar-refractivity contribution >= 4 is 16.9 Å². The Morgan fingerprint density at radius 1 is 1.07 bits per heavy atom. The average molecular weight is 371 g/mol. The number of hydrogen-bond acceptors (Lipinski definition) is 4. The molecule has 0 atom stereocenters. The SMILES string of the molecule is O=c1cc(-c2ccncc2)nc2n1CCN2CCCc1c[nH]c2ccccc12. The Morgan fingerprint density at radius 3 is 2.82 bits per heavy atom. The molecular weight excluding hydrogens is 350 g/mol. The largest absolute Gasteiger partial charge is 0.361 e. The topological polar surface area (TPSA) is 66.8 Å². The fourth-order valence-electron chi connectivity index (χ4n) is 3.95.